The molecule has 1 aromatic heterocycles. The average Bonchev–Trinajstić information content (AvgIpc) is 3.06. The van der Waals surface area contributed by atoms with E-state index in [-0.39, 0.29) is 26.2 Å². The molecule has 1 aromatic carbocycles. The van der Waals surface area contributed by atoms with Crippen molar-refractivity contribution in [1.29, 1.82) is 0 Å². The van der Waals surface area contributed by atoms with Crippen molar-refractivity contribution in [2.45, 2.75) is 19.5 Å². The zero-order valence-electron chi connectivity index (χ0n) is 15.0. The van der Waals surface area contributed by atoms with Gasteiger partial charge in [-0.05, 0) is 35.5 Å². The second kappa shape index (κ2) is 7.82. The van der Waals surface area contributed by atoms with Crippen LogP contribution in [0.1, 0.15) is 12.2 Å². The fourth-order valence-corrected chi connectivity index (χ4v) is 2.83. The van der Waals surface area contributed by atoms with E-state index in [1.165, 1.54) is 9.58 Å². The Morgan fingerprint density at radius 1 is 1.14 bits per heavy atom. The van der Waals surface area contributed by atoms with E-state index in [0.29, 0.717) is 17.2 Å². The number of carbonyl (C=O) groups is 2. The first-order valence-corrected chi connectivity index (χ1v) is 8.49. The molecule has 28 heavy (non-hydrogen) atoms. The Morgan fingerprint density at radius 3 is 2.43 bits per heavy atom. The van der Waals surface area contributed by atoms with Crippen molar-refractivity contribution < 1.29 is 22.8 Å². The molecule has 0 spiro atoms. The van der Waals surface area contributed by atoms with Crippen LogP contribution in [0.15, 0.2) is 24.3 Å². The van der Waals surface area contributed by atoms with Gasteiger partial charge in [-0.25, -0.2) is 4.79 Å². The number of nitrogens with zero attached hydrogens (tertiary/aromatic N) is 6. The van der Waals surface area contributed by atoms with E-state index in [4.69, 9.17) is 0 Å². The Balaban J connectivity index is 1.57. The van der Waals surface area contributed by atoms with Crippen molar-refractivity contribution in [3.8, 4) is 5.69 Å². The fraction of sp³-hybridized carbons (Fsp3) is 0.438. The highest BCUT2D eigenvalue weighted by Gasteiger charge is 2.34. The zero-order chi connectivity index (χ0) is 20.3. The molecule has 0 aliphatic carbocycles. The van der Waals surface area contributed by atoms with Crippen LogP contribution in [-0.4, -0.2) is 74.3 Å². The first kappa shape index (κ1) is 19.6. The van der Waals surface area contributed by atoms with E-state index in [2.05, 4.69) is 20.8 Å². The van der Waals surface area contributed by atoms with Gasteiger partial charge in [0.2, 0.25) is 5.91 Å². The SMILES string of the molecule is Cc1nnnn1-c1cccc(NC(=O)N2CCN(C(=O)CC(F)(F)F)CC2)c1. The number of aryl methyl sites for hydroxylation is 1. The highest BCUT2D eigenvalue weighted by Crippen LogP contribution is 2.21. The van der Waals surface area contributed by atoms with Crippen molar-refractivity contribution in [3.63, 3.8) is 0 Å². The number of aromatic nitrogens is 4. The molecular formula is C16H18F3N7O2. The van der Waals surface area contributed by atoms with Crippen LogP contribution in [0.5, 0.6) is 0 Å². The number of hydrogen-bond acceptors (Lipinski definition) is 5. The summed E-state index contributed by atoms with van der Waals surface area (Å²) in [4.78, 5) is 26.6. The Labute approximate surface area is 158 Å². The van der Waals surface area contributed by atoms with Gasteiger partial charge in [0.25, 0.3) is 0 Å². The number of amides is 3. The molecule has 3 amide bonds. The second-order valence-corrected chi connectivity index (χ2v) is 6.28. The van der Waals surface area contributed by atoms with E-state index < -0.39 is 24.5 Å². The first-order chi connectivity index (χ1) is 13.2. The minimum Gasteiger partial charge on any atom is -0.339 e. The Bertz CT molecular complexity index is 860. The van der Waals surface area contributed by atoms with Gasteiger partial charge in [-0.15, -0.1) is 5.10 Å². The largest absolute Gasteiger partial charge is 0.397 e. The maximum Gasteiger partial charge on any atom is 0.397 e. The lowest BCUT2D eigenvalue weighted by atomic mass is 10.2. The maximum absolute atomic E-state index is 12.4. The van der Waals surface area contributed by atoms with Gasteiger partial charge in [-0.2, -0.15) is 17.9 Å². The van der Waals surface area contributed by atoms with Gasteiger partial charge in [-0.1, -0.05) is 6.07 Å². The number of alkyl halides is 3. The molecule has 1 aliphatic heterocycles. The number of benzene rings is 1. The second-order valence-electron chi connectivity index (χ2n) is 6.28. The molecule has 12 heteroatoms. The minimum absolute atomic E-state index is 0.0617. The van der Waals surface area contributed by atoms with Crippen molar-refractivity contribution in [2.75, 3.05) is 31.5 Å². The molecule has 0 saturated carbocycles. The lowest BCUT2D eigenvalue weighted by molar-refractivity contribution is -0.162. The highest BCUT2D eigenvalue weighted by molar-refractivity contribution is 5.90. The fourth-order valence-electron chi connectivity index (χ4n) is 2.83. The maximum atomic E-state index is 12.4. The number of carbonyl (C=O) groups excluding carboxylic acids is 2. The summed E-state index contributed by atoms with van der Waals surface area (Å²) in [5, 5.41) is 14.0. The summed E-state index contributed by atoms with van der Waals surface area (Å²) in [7, 11) is 0. The number of hydrogen-bond donors (Lipinski definition) is 1. The number of halogens is 3. The molecule has 0 unspecified atom stereocenters. The van der Waals surface area contributed by atoms with Crippen LogP contribution in [0.2, 0.25) is 0 Å². The Kier molecular flexibility index (Phi) is 5.47. The standard InChI is InChI=1S/C16H18F3N7O2/c1-11-21-22-23-26(11)13-4-2-3-12(9-13)20-15(28)25-7-5-24(6-8-25)14(27)10-16(17,18)19/h2-4,9H,5-8,10H2,1H3,(H,20,28). The van der Waals surface area contributed by atoms with Crippen LogP contribution in [0, 0.1) is 6.92 Å². The van der Waals surface area contributed by atoms with Gasteiger partial charge in [0.05, 0.1) is 5.69 Å². The van der Waals surface area contributed by atoms with E-state index in [9.17, 15) is 22.8 Å². The van der Waals surface area contributed by atoms with Crippen molar-refractivity contribution in [2.24, 2.45) is 0 Å². The number of urea groups is 1. The highest BCUT2D eigenvalue weighted by atomic mass is 19.4. The van der Waals surface area contributed by atoms with Gasteiger partial charge < -0.3 is 15.1 Å². The van der Waals surface area contributed by atoms with E-state index in [0.717, 1.165) is 4.90 Å². The molecule has 2 aromatic rings. The summed E-state index contributed by atoms with van der Waals surface area (Å²) < 4.78 is 38.5. The van der Waals surface area contributed by atoms with Gasteiger partial charge in [-0.3, -0.25) is 4.79 Å². The van der Waals surface area contributed by atoms with Crippen LogP contribution in [0.4, 0.5) is 23.7 Å². The summed E-state index contributed by atoms with van der Waals surface area (Å²) in [6.07, 6.45) is -6.02. The molecule has 9 nitrogen and oxygen atoms in total. The summed E-state index contributed by atoms with van der Waals surface area (Å²) in [6.45, 7) is 2.17. The van der Waals surface area contributed by atoms with Gasteiger partial charge in [0, 0.05) is 31.9 Å². The topological polar surface area (TPSA) is 96.2 Å². The number of tetrazole rings is 1. The van der Waals surface area contributed by atoms with Crippen molar-refractivity contribution in [1.82, 2.24) is 30.0 Å². The molecule has 1 saturated heterocycles. The molecular weight excluding hydrogens is 379 g/mol. The zero-order valence-corrected chi connectivity index (χ0v) is 15.0. The minimum atomic E-state index is -4.53. The van der Waals surface area contributed by atoms with Gasteiger partial charge >= 0.3 is 12.2 Å². The molecule has 0 radical (unpaired) electrons. The van der Waals surface area contributed by atoms with Gasteiger partial charge in [0.1, 0.15) is 6.42 Å². The average molecular weight is 397 g/mol. The number of piperazine rings is 1. The van der Waals surface area contributed by atoms with Crippen LogP contribution in [0.3, 0.4) is 0 Å². The molecule has 2 heterocycles. The monoisotopic (exact) mass is 397 g/mol. The van der Waals surface area contributed by atoms with Crippen LogP contribution >= 0.6 is 0 Å². The van der Waals surface area contributed by atoms with Crippen LogP contribution in [-0.2, 0) is 4.79 Å². The molecule has 3 rings (SSSR count). The van der Waals surface area contributed by atoms with Gasteiger partial charge in [0.15, 0.2) is 5.82 Å². The first-order valence-electron chi connectivity index (χ1n) is 8.49. The summed E-state index contributed by atoms with van der Waals surface area (Å²) in [6, 6.07) is 6.52. The lowest BCUT2D eigenvalue weighted by Crippen LogP contribution is -2.52. The molecule has 1 fully saturated rings. The third-order valence-electron chi connectivity index (χ3n) is 4.24. The molecule has 1 N–H and O–H groups in total. The number of nitrogens with one attached hydrogen (secondary N) is 1. The molecule has 150 valence electrons. The van der Waals surface area contributed by atoms with Crippen LogP contribution in [0.25, 0.3) is 5.69 Å². The quantitative estimate of drug-likeness (QED) is 0.849. The van der Waals surface area contributed by atoms with Crippen LogP contribution < -0.4 is 5.32 Å². The predicted octanol–water partition coefficient (Wildman–Crippen LogP) is 1.60. The predicted molar refractivity (Wildman–Crippen MR) is 91.7 cm³/mol. The summed E-state index contributed by atoms with van der Waals surface area (Å²) in [5.74, 6) is -0.389. The molecule has 0 atom stereocenters. The third kappa shape index (κ3) is 4.75. The van der Waals surface area contributed by atoms with E-state index in [1.807, 2.05) is 0 Å². The Morgan fingerprint density at radius 2 is 1.82 bits per heavy atom. The van der Waals surface area contributed by atoms with E-state index in [1.54, 1.807) is 31.2 Å². The number of rotatable bonds is 3. The lowest BCUT2D eigenvalue weighted by Gasteiger charge is -2.34. The van der Waals surface area contributed by atoms with Crippen molar-refractivity contribution in [3.05, 3.63) is 30.1 Å². The molecule has 0 bridgehead atoms. The third-order valence-corrected chi connectivity index (χ3v) is 4.24. The smallest absolute Gasteiger partial charge is 0.339 e. The number of anilines is 1. The molecule has 1 aliphatic rings. The van der Waals surface area contributed by atoms with Crippen molar-refractivity contribution >= 4 is 17.6 Å². The summed E-state index contributed by atoms with van der Waals surface area (Å²) >= 11 is 0. The van der Waals surface area contributed by atoms with E-state index >= 15 is 0 Å². The Hall–Kier alpha value is -3.18. The summed E-state index contributed by atoms with van der Waals surface area (Å²) in [5.41, 5.74) is 1.19. The normalized spacial score (nSPS) is 14.9.